The maximum atomic E-state index is 11.9. The molecule has 0 radical (unpaired) electrons. The van der Waals surface area contributed by atoms with Crippen LogP contribution in [0.2, 0.25) is 0 Å². The van der Waals surface area contributed by atoms with Gasteiger partial charge in [0.05, 0.1) is 26.5 Å². The third-order valence-electron chi connectivity index (χ3n) is 3.66. The molecule has 7 heteroatoms. The van der Waals surface area contributed by atoms with Crippen molar-refractivity contribution in [1.82, 2.24) is 10.7 Å². The molecule has 0 heterocycles. The van der Waals surface area contributed by atoms with E-state index >= 15 is 0 Å². The summed E-state index contributed by atoms with van der Waals surface area (Å²) >= 11 is 0. The molecule has 136 valence electrons. The minimum atomic E-state index is -0.850. The summed E-state index contributed by atoms with van der Waals surface area (Å²) in [7, 11) is 3.07. The van der Waals surface area contributed by atoms with E-state index in [1.807, 2.05) is 30.3 Å². The fourth-order valence-electron chi connectivity index (χ4n) is 2.22. The van der Waals surface area contributed by atoms with Crippen molar-refractivity contribution in [3.05, 3.63) is 59.7 Å². The van der Waals surface area contributed by atoms with Gasteiger partial charge in [-0.2, -0.15) is 5.10 Å². The second kappa shape index (κ2) is 9.22. The van der Waals surface area contributed by atoms with Crippen molar-refractivity contribution in [3.8, 4) is 11.5 Å². The Labute approximate surface area is 152 Å². The van der Waals surface area contributed by atoms with Crippen LogP contribution in [0.3, 0.4) is 0 Å². The predicted octanol–water partition coefficient (Wildman–Crippen LogP) is 2.03. The summed E-state index contributed by atoms with van der Waals surface area (Å²) in [5.41, 5.74) is 3.73. The van der Waals surface area contributed by atoms with Gasteiger partial charge in [-0.05, 0) is 24.6 Å². The molecule has 0 fully saturated rings. The Hall–Kier alpha value is -3.35. The number of carbonyl (C=O) groups is 2. The molecule has 0 unspecified atom stereocenters. The summed E-state index contributed by atoms with van der Waals surface area (Å²) in [6.45, 7) is 1.80. The number of benzene rings is 2. The topological polar surface area (TPSA) is 89.0 Å². The highest BCUT2D eigenvalue weighted by atomic mass is 16.5. The number of ether oxygens (including phenoxy) is 2. The maximum Gasteiger partial charge on any atom is 0.329 e. The molecule has 2 aromatic carbocycles. The van der Waals surface area contributed by atoms with Crippen LogP contribution in [0.4, 0.5) is 0 Å². The lowest BCUT2D eigenvalue weighted by Gasteiger charge is -2.13. The van der Waals surface area contributed by atoms with Gasteiger partial charge in [0.2, 0.25) is 0 Å². The van der Waals surface area contributed by atoms with Gasteiger partial charge in [0.15, 0.2) is 0 Å². The van der Waals surface area contributed by atoms with Gasteiger partial charge in [0.1, 0.15) is 11.5 Å². The van der Waals surface area contributed by atoms with E-state index in [0.29, 0.717) is 17.1 Å². The second-order valence-corrected chi connectivity index (χ2v) is 5.41. The summed E-state index contributed by atoms with van der Waals surface area (Å²) in [6, 6.07) is 14.2. The number of nitrogens with one attached hydrogen (secondary N) is 2. The van der Waals surface area contributed by atoms with Gasteiger partial charge in [0, 0.05) is 11.6 Å². The first-order valence-corrected chi connectivity index (χ1v) is 7.96. The van der Waals surface area contributed by atoms with E-state index in [4.69, 9.17) is 9.47 Å². The number of hydrogen-bond donors (Lipinski definition) is 2. The fraction of sp³-hybridized carbons (Fsp3) is 0.211. The zero-order chi connectivity index (χ0) is 18.9. The highest BCUT2D eigenvalue weighted by molar-refractivity contribution is 6.35. The molecule has 2 amide bonds. The largest absolute Gasteiger partial charge is 0.497 e. The molecular formula is C19H21N3O4. The van der Waals surface area contributed by atoms with Gasteiger partial charge < -0.3 is 14.8 Å². The van der Waals surface area contributed by atoms with Gasteiger partial charge in [-0.15, -0.1) is 0 Å². The molecule has 0 saturated carbocycles. The average molecular weight is 355 g/mol. The first kappa shape index (κ1) is 19.0. The van der Waals surface area contributed by atoms with Crippen molar-refractivity contribution in [2.24, 2.45) is 5.10 Å². The van der Waals surface area contributed by atoms with Gasteiger partial charge in [0.25, 0.3) is 0 Å². The van der Waals surface area contributed by atoms with E-state index in [-0.39, 0.29) is 6.04 Å². The van der Waals surface area contributed by atoms with Crippen LogP contribution in [0.15, 0.2) is 53.6 Å². The molecule has 7 nitrogen and oxygen atoms in total. The van der Waals surface area contributed by atoms with Crippen molar-refractivity contribution >= 4 is 18.0 Å². The van der Waals surface area contributed by atoms with Gasteiger partial charge in [-0.25, -0.2) is 5.43 Å². The minimum absolute atomic E-state index is 0.292. The molecule has 0 spiro atoms. The molecule has 0 saturated heterocycles. The summed E-state index contributed by atoms with van der Waals surface area (Å²) in [5.74, 6) is -0.446. The summed E-state index contributed by atoms with van der Waals surface area (Å²) in [6.07, 6.45) is 1.39. The average Bonchev–Trinajstić information content (AvgIpc) is 2.68. The highest BCUT2D eigenvalue weighted by Gasteiger charge is 2.16. The lowest BCUT2D eigenvalue weighted by Crippen LogP contribution is -2.39. The Bertz CT molecular complexity index is 791. The molecule has 0 aliphatic rings. The lowest BCUT2D eigenvalue weighted by molar-refractivity contribution is -0.139. The Morgan fingerprint density at radius 2 is 1.77 bits per heavy atom. The van der Waals surface area contributed by atoms with E-state index in [1.54, 1.807) is 32.2 Å². The quantitative estimate of drug-likeness (QED) is 0.471. The third kappa shape index (κ3) is 5.07. The molecule has 0 aliphatic carbocycles. The number of nitrogens with zero attached hydrogens (tertiary/aromatic N) is 1. The standard InChI is InChI=1S/C19H21N3O4/c1-13(14-7-5-4-6-8-14)21-18(23)19(24)22-20-12-15-9-10-16(25-2)11-17(15)26-3/h4-13H,1-3H3,(H,21,23)(H,22,24)/t13-/m0/s1. The smallest absolute Gasteiger partial charge is 0.329 e. The Morgan fingerprint density at radius 1 is 1.04 bits per heavy atom. The number of hydrazone groups is 1. The summed E-state index contributed by atoms with van der Waals surface area (Å²) in [4.78, 5) is 23.8. The second-order valence-electron chi connectivity index (χ2n) is 5.41. The maximum absolute atomic E-state index is 11.9. The van der Waals surface area contributed by atoms with E-state index < -0.39 is 11.8 Å². The van der Waals surface area contributed by atoms with E-state index in [1.165, 1.54) is 13.3 Å². The zero-order valence-corrected chi connectivity index (χ0v) is 14.9. The van der Waals surface area contributed by atoms with E-state index in [2.05, 4.69) is 15.8 Å². The number of methoxy groups -OCH3 is 2. The minimum Gasteiger partial charge on any atom is -0.497 e. The van der Waals surface area contributed by atoms with Crippen LogP contribution >= 0.6 is 0 Å². The zero-order valence-electron chi connectivity index (χ0n) is 14.9. The van der Waals surface area contributed by atoms with E-state index in [9.17, 15) is 9.59 Å². The SMILES string of the molecule is COc1ccc(C=NNC(=O)C(=O)N[C@@H](C)c2ccccc2)c(OC)c1. The van der Waals surface area contributed by atoms with Crippen molar-refractivity contribution in [2.45, 2.75) is 13.0 Å². The number of hydrogen-bond acceptors (Lipinski definition) is 5. The Balaban J connectivity index is 1.93. The molecule has 26 heavy (non-hydrogen) atoms. The molecule has 0 aromatic heterocycles. The van der Waals surface area contributed by atoms with Crippen LogP contribution < -0.4 is 20.2 Å². The van der Waals surface area contributed by atoms with Crippen molar-refractivity contribution in [1.29, 1.82) is 0 Å². The molecule has 2 N–H and O–H groups in total. The van der Waals surface area contributed by atoms with Crippen LogP contribution in [-0.4, -0.2) is 32.2 Å². The molecule has 1 atom stereocenters. The number of amides is 2. The highest BCUT2D eigenvalue weighted by Crippen LogP contribution is 2.22. The first-order valence-electron chi connectivity index (χ1n) is 7.96. The monoisotopic (exact) mass is 355 g/mol. The first-order chi connectivity index (χ1) is 12.5. The van der Waals surface area contributed by atoms with Crippen LogP contribution in [-0.2, 0) is 9.59 Å². The van der Waals surface area contributed by atoms with Gasteiger partial charge >= 0.3 is 11.8 Å². The summed E-state index contributed by atoms with van der Waals surface area (Å²) < 4.78 is 10.3. The summed E-state index contributed by atoms with van der Waals surface area (Å²) in [5, 5.41) is 6.42. The van der Waals surface area contributed by atoms with Crippen LogP contribution in [0.5, 0.6) is 11.5 Å². The van der Waals surface area contributed by atoms with Crippen LogP contribution in [0.1, 0.15) is 24.1 Å². The molecule has 0 bridgehead atoms. The van der Waals surface area contributed by atoms with Crippen molar-refractivity contribution in [3.63, 3.8) is 0 Å². The lowest BCUT2D eigenvalue weighted by atomic mass is 10.1. The molecule has 0 aliphatic heterocycles. The Kier molecular flexibility index (Phi) is 6.73. The molecule has 2 rings (SSSR count). The Morgan fingerprint density at radius 3 is 2.42 bits per heavy atom. The molecular weight excluding hydrogens is 334 g/mol. The third-order valence-corrected chi connectivity index (χ3v) is 3.66. The predicted molar refractivity (Wildman–Crippen MR) is 98.3 cm³/mol. The van der Waals surface area contributed by atoms with Crippen molar-refractivity contribution < 1.29 is 19.1 Å². The number of rotatable bonds is 6. The number of carbonyl (C=O) groups excluding carboxylic acids is 2. The van der Waals surface area contributed by atoms with E-state index in [0.717, 1.165) is 5.56 Å². The van der Waals surface area contributed by atoms with Crippen LogP contribution in [0.25, 0.3) is 0 Å². The fourth-order valence-corrected chi connectivity index (χ4v) is 2.22. The van der Waals surface area contributed by atoms with Crippen molar-refractivity contribution in [2.75, 3.05) is 14.2 Å². The van der Waals surface area contributed by atoms with Gasteiger partial charge in [-0.3, -0.25) is 9.59 Å². The van der Waals surface area contributed by atoms with Gasteiger partial charge in [-0.1, -0.05) is 30.3 Å². The van der Waals surface area contributed by atoms with Crippen LogP contribution in [0, 0.1) is 0 Å². The normalized spacial score (nSPS) is 11.7. The molecule has 2 aromatic rings.